The molecular formula is C22H20FNO4S. The van der Waals surface area contributed by atoms with Crippen molar-refractivity contribution < 1.29 is 23.4 Å². The first-order chi connectivity index (χ1) is 14.1. The predicted octanol–water partition coefficient (Wildman–Crippen LogP) is 5.11. The Hall–Kier alpha value is -3.19. The third-order valence-electron chi connectivity index (χ3n) is 3.92. The molecule has 5 nitrogen and oxygen atoms in total. The number of rotatable bonds is 8. The number of carbonyl (C=O) groups excluding carboxylic acids is 1. The van der Waals surface area contributed by atoms with Crippen molar-refractivity contribution in [2.24, 2.45) is 0 Å². The molecule has 0 aliphatic heterocycles. The van der Waals surface area contributed by atoms with Gasteiger partial charge in [0.1, 0.15) is 17.4 Å². The maximum atomic E-state index is 13.0. The first-order valence-corrected chi connectivity index (χ1v) is 9.76. The Morgan fingerprint density at radius 1 is 1.17 bits per heavy atom. The fraction of sp³-hybridized carbons (Fsp3) is 0.182. The highest BCUT2D eigenvalue weighted by molar-refractivity contribution is 7.13. The van der Waals surface area contributed by atoms with Gasteiger partial charge in [0.25, 0.3) is 0 Å². The summed E-state index contributed by atoms with van der Waals surface area (Å²) in [6.45, 7) is 1.73. The van der Waals surface area contributed by atoms with Gasteiger partial charge in [-0.1, -0.05) is 18.2 Å². The van der Waals surface area contributed by atoms with Gasteiger partial charge in [-0.05, 0) is 48.9 Å². The minimum atomic E-state index is -0.513. The molecule has 0 radical (unpaired) electrons. The van der Waals surface area contributed by atoms with E-state index in [0.717, 1.165) is 16.1 Å². The molecular weight excluding hydrogens is 393 g/mol. The van der Waals surface area contributed by atoms with E-state index in [1.54, 1.807) is 30.7 Å². The molecule has 0 N–H and O–H groups in total. The molecule has 7 heteroatoms. The summed E-state index contributed by atoms with van der Waals surface area (Å²) in [5.74, 6) is 0.190. The summed E-state index contributed by atoms with van der Waals surface area (Å²) in [6.07, 6.45) is 3.86. The summed E-state index contributed by atoms with van der Waals surface area (Å²) < 4.78 is 29.1. The lowest BCUT2D eigenvalue weighted by atomic mass is 10.2. The van der Waals surface area contributed by atoms with Crippen LogP contribution in [0.5, 0.6) is 11.5 Å². The van der Waals surface area contributed by atoms with Crippen LogP contribution in [0.25, 0.3) is 16.6 Å². The fourth-order valence-electron chi connectivity index (χ4n) is 2.53. The van der Waals surface area contributed by atoms with E-state index in [-0.39, 0.29) is 19.0 Å². The lowest BCUT2D eigenvalue weighted by molar-refractivity contribution is -0.147. The lowest BCUT2D eigenvalue weighted by Gasteiger charge is -2.11. The third kappa shape index (κ3) is 5.65. The smallest absolute Gasteiger partial charge is 0.344 e. The van der Waals surface area contributed by atoms with E-state index in [0.29, 0.717) is 17.2 Å². The number of methoxy groups -OCH3 is 1. The Morgan fingerprint density at radius 2 is 1.97 bits per heavy atom. The standard InChI is InChI=1S/C22H20FNO4S/c1-3-4-15-5-10-19(20(11-15)26-2)27-13-21(25)28-12-18-14-29-22(24-18)16-6-8-17(23)9-7-16/h3-11,14H,12-13H2,1-2H3/b4-3+. The van der Waals surface area contributed by atoms with E-state index in [2.05, 4.69) is 4.98 Å². The summed E-state index contributed by atoms with van der Waals surface area (Å²) in [5.41, 5.74) is 2.40. The maximum absolute atomic E-state index is 13.0. The van der Waals surface area contributed by atoms with Crippen LogP contribution in [-0.2, 0) is 16.1 Å². The number of allylic oxidation sites excluding steroid dienone is 1. The molecule has 0 bridgehead atoms. The van der Waals surface area contributed by atoms with Crippen molar-refractivity contribution in [3.8, 4) is 22.1 Å². The van der Waals surface area contributed by atoms with Crippen LogP contribution >= 0.6 is 11.3 Å². The van der Waals surface area contributed by atoms with E-state index in [9.17, 15) is 9.18 Å². The van der Waals surface area contributed by atoms with Gasteiger partial charge in [0.05, 0.1) is 12.8 Å². The van der Waals surface area contributed by atoms with E-state index in [4.69, 9.17) is 14.2 Å². The average molecular weight is 413 g/mol. The SMILES string of the molecule is C/C=C/c1ccc(OCC(=O)OCc2csc(-c3ccc(F)cc3)n2)c(OC)c1. The molecule has 3 rings (SSSR count). The number of halogens is 1. The quantitative estimate of drug-likeness (QED) is 0.480. The van der Waals surface area contributed by atoms with Crippen LogP contribution in [0.1, 0.15) is 18.2 Å². The van der Waals surface area contributed by atoms with Crippen LogP contribution in [0, 0.1) is 5.82 Å². The molecule has 150 valence electrons. The Labute approximate surface area is 172 Å². The summed E-state index contributed by atoms with van der Waals surface area (Å²) in [4.78, 5) is 16.4. The van der Waals surface area contributed by atoms with Gasteiger partial charge in [0.2, 0.25) is 0 Å². The number of hydrogen-bond acceptors (Lipinski definition) is 6. The van der Waals surface area contributed by atoms with Gasteiger partial charge in [-0.15, -0.1) is 11.3 Å². The molecule has 0 aliphatic rings. The molecule has 3 aromatic rings. The maximum Gasteiger partial charge on any atom is 0.344 e. The fourth-order valence-corrected chi connectivity index (χ4v) is 3.34. The predicted molar refractivity (Wildman–Crippen MR) is 111 cm³/mol. The van der Waals surface area contributed by atoms with Gasteiger partial charge >= 0.3 is 5.97 Å². The number of nitrogens with zero attached hydrogens (tertiary/aromatic N) is 1. The first kappa shape index (κ1) is 20.5. The minimum Gasteiger partial charge on any atom is -0.493 e. The van der Waals surface area contributed by atoms with Crippen molar-refractivity contribution in [2.75, 3.05) is 13.7 Å². The van der Waals surface area contributed by atoms with Crippen LogP contribution < -0.4 is 9.47 Å². The molecule has 0 saturated heterocycles. The zero-order valence-corrected chi connectivity index (χ0v) is 16.9. The second kappa shape index (κ2) is 9.84. The number of carbonyl (C=O) groups is 1. The molecule has 2 aromatic carbocycles. The van der Waals surface area contributed by atoms with Crippen molar-refractivity contribution in [1.82, 2.24) is 4.98 Å². The van der Waals surface area contributed by atoms with Crippen molar-refractivity contribution >= 4 is 23.4 Å². The van der Waals surface area contributed by atoms with Gasteiger partial charge in [0.15, 0.2) is 18.1 Å². The summed E-state index contributed by atoms with van der Waals surface area (Å²) in [6, 6.07) is 11.5. The topological polar surface area (TPSA) is 57.7 Å². The Kier molecular flexibility index (Phi) is 6.97. The van der Waals surface area contributed by atoms with Crippen molar-refractivity contribution in [3.05, 3.63) is 71.0 Å². The number of aromatic nitrogens is 1. The van der Waals surface area contributed by atoms with Gasteiger partial charge in [-0.2, -0.15) is 0 Å². The van der Waals surface area contributed by atoms with Crippen molar-refractivity contribution in [2.45, 2.75) is 13.5 Å². The van der Waals surface area contributed by atoms with Gasteiger partial charge in [0, 0.05) is 10.9 Å². The van der Waals surface area contributed by atoms with E-state index in [1.807, 2.05) is 31.2 Å². The normalized spacial score (nSPS) is 10.9. The lowest BCUT2D eigenvalue weighted by Crippen LogP contribution is -2.15. The number of benzene rings is 2. The molecule has 0 amide bonds. The number of thiazole rings is 1. The molecule has 0 spiro atoms. The Bertz CT molecular complexity index is 998. The molecule has 0 saturated carbocycles. The molecule has 1 aromatic heterocycles. The highest BCUT2D eigenvalue weighted by atomic mass is 32.1. The Balaban J connectivity index is 1.52. The molecule has 1 heterocycles. The molecule has 29 heavy (non-hydrogen) atoms. The van der Waals surface area contributed by atoms with E-state index >= 15 is 0 Å². The molecule has 0 aliphatic carbocycles. The number of hydrogen-bond donors (Lipinski definition) is 0. The van der Waals surface area contributed by atoms with Gasteiger partial charge in [-0.3, -0.25) is 0 Å². The van der Waals surface area contributed by atoms with Crippen LogP contribution in [0.4, 0.5) is 4.39 Å². The van der Waals surface area contributed by atoms with Gasteiger partial charge in [-0.25, -0.2) is 14.2 Å². The van der Waals surface area contributed by atoms with E-state index < -0.39 is 5.97 Å². The van der Waals surface area contributed by atoms with Crippen molar-refractivity contribution in [3.63, 3.8) is 0 Å². The van der Waals surface area contributed by atoms with Crippen LogP contribution in [0.15, 0.2) is 53.9 Å². The molecule has 0 unspecified atom stereocenters. The van der Waals surface area contributed by atoms with Crippen LogP contribution in [-0.4, -0.2) is 24.7 Å². The highest BCUT2D eigenvalue weighted by Gasteiger charge is 2.11. The second-order valence-corrected chi connectivity index (χ2v) is 6.87. The molecule has 0 fully saturated rings. The van der Waals surface area contributed by atoms with Crippen LogP contribution in [0.3, 0.4) is 0 Å². The largest absolute Gasteiger partial charge is 0.493 e. The highest BCUT2D eigenvalue weighted by Crippen LogP contribution is 2.28. The molecule has 0 atom stereocenters. The zero-order chi connectivity index (χ0) is 20.6. The second-order valence-electron chi connectivity index (χ2n) is 6.01. The Morgan fingerprint density at radius 3 is 2.69 bits per heavy atom. The van der Waals surface area contributed by atoms with E-state index in [1.165, 1.54) is 23.5 Å². The van der Waals surface area contributed by atoms with Gasteiger partial charge < -0.3 is 14.2 Å². The monoisotopic (exact) mass is 413 g/mol. The number of ether oxygens (including phenoxy) is 3. The summed E-state index contributed by atoms with van der Waals surface area (Å²) >= 11 is 1.40. The zero-order valence-electron chi connectivity index (χ0n) is 16.1. The summed E-state index contributed by atoms with van der Waals surface area (Å²) in [7, 11) is 1.54. The average Bonchev–Trinajstić information content (AvgIpc) is 3.21. The summed E-state index contributed by atoms with van der Waals surface area (Å²) in [5, 5.41) is 2.54. The first-order valence-electron chi connectivity index (χ1n) is 8.88. The van der Waals surface area contributed by atoms with Crippen LogP contribution in [0.2, 0.25) is 0 Å². The minimum absolute atomic E-state index is 0.0389. The third-order valence-corrected chi connectivity index (χ3v) is 4.86. The van der Waals surface area contributed by atoms with Crippen molar-refractivity contribution in [1.29, 1.82) is 0 Å². The number of esters is 1.